The van der Waals surface area contributed by atoms with Gasteiger partial charge in [-0.25, -0.2) is 0 Å². The first-order valence-electron chi connectivity index (χ1n) is 27.7. The molecule has 2 atom stereocenters. The van der Waals surface area contributed by atoms with Crippen LogP contribution in [0.3, 0.4) is 0 Å². The number of phosphoric acid groups is 1. The van der Waals surface area contributed by atoms with Gasteiger partial charge in [-0.1, -0.05) is 258 Å². The fraction of sp³-hybridized carbons (Fsp3) is 0.963. The first kappa shape index (κ1) is 63.0. The van der Waals surface area contributed by atoms with Gasteiger partial charge in [0.25, 0.3) is 7.82 Å². The van der Waals surface area contributed by atoms with E-state index in [0.717, 1.165) is 32.1 Å². The van der Waals surface area contributed by atoms with Crippen molar-refractivity contribution in [1.82, 2.24) is 0 Å². The number of carbonyl (C=O) groups is 2. The van der Waals surface area contributed by atoms with Gasteiger partial charge >= 0.3 is 11.9 Å². The van der Waals surface area contributed by atoms with Gasteiger partial charge < -0.3 is 27.9 Å². The molecule has 9 nitrogen and oxygen atoms in total. The van der Waals surface area contributed by atoms with Gasteiger partial charge in [-0.2, -0.15) is 0 Å². The molecular formula is C54H108NO8P. The van der Waals surface area contributed by atoms with E-state index in [1.807, 2.05) is 21.1 Å². The van der Waals surface area contributed by atoms with E-state index < -0.39 is 26.5 Å². The van der Waals surface area contributed by atoms with Gasteiger partial charge in [-0.15, -0.1) is 0 Å². The van der Waals surface area contributed by atoms with Gasteiger partial charge in [0.2, 0.25) is 0 Å². The second kappa shape index (κ2) is 47.1. The summed E-state index contributed by atoms with van der Waals surface area (Å²) >= 11 is 0. The molecule has 0 saturated heterocycles. The molecule has 0 aromatic rings. The summed E-state index contributed by atoms with van der Waals surface area (Å²) in [4.78, 5) is 37.7. The maximum atomic E-state index is 12.8. The third-order valence-electron chi connectivity index (χ3n) is 12.6. The Hall–Kier alpha value is -0.990. The molecule has 0 radical (unpaired) electrons. The number of esters is 2. The molecule has 382 valence electrons. The average Bonchev–Trinajstić information content (AvgIpc) is 3.25. The fourth-order valence-electron chi connectivity index (χ4n) is 8.31. The minimum absolute atomic E-state index is 0.0253. The molecule has 0 saturated carbocycles. The Morgan fingerprint density at radius 1 is 0.422 bits per heavy atom. The van der Waals surface area contributed by atoms with Crippen molar-refractivity contribution in [2.75, 3.05) is 47.5 Å². The van der Waals surface area contributed by atoms with Crippen LogP contribution in [0.25, 0.3) is 0 Å². The van der Waals surface area contributed by atoms with Crippen molar-refractivity contribution in [3.8, 4) is 0 Å². The van der Waals surface area contributed by atoms with Crippen LogP contribution in [0.4, 0.5) is 0 Å². The maximum absolute atomic E-state index is 12.8. The topological polar surface area (TPSA) is 111 Å². The second-order valence-corrected chi connectivity index (χ2v) is 21.7. The Morgan fingerprint density at radius 2 is 0.703 bits per heavy atom. The number of nitrogens with zero attached hydrogens (tertiary/aromatic N) is 1. The number of carbonyl (C=O) groups excluding carboxylic acids is 2. The zero-order chi connectivity index (χ0) is 47.1. The van der Waals surface area contributed by atoms with Gasteiger partial charge in [0.1, 0.15) is 19.8 Å². The molecule has 0 aliphatic rings. The quantitative estimate of drug-likeness (QED) is 0.0257. The van der Waals surface area contributed by atoms with Crippen molar-refractivity contribution in [2.24, 2.45) is 0 Å². The normalized spacial score (nSPS) is 13.3. The van der Waals surface area contributed by atoms with Gasteiger partial charge in [0, 0.05) is 12.8 Å². The molecule has 0 amide bonds. The number of rotatable bonds is 52. The Bertz CT molecular complexity index is 1050. The van der Waals surface area contributed by atoms with E-state index in [4.69, 9.17) is 18.5 Å². The molecule has 0 N–H and O–H groups in total. The molecule has 0 spiro atoms. The highest BCUT2D eigenvalue weighted by atomic mass is 31.2. The summed E-state index contributed by atoms with van der Waals surface area (Å²) in [5.41, 5.74) is 0. The minimum Gasteiger partial charge on any atom is -0.756 e. The van der Waals surface area contributed by atoms with Crippen LogP contribution >= 0.6 is 7.82 Å². The average molecular weight is 930 g/mol. The van der Waals surface area contributed by atoms with E-state index in [1.165, 1.54) is 218 Å². The van der Waals surface area contributed by atoms with Crippen LogP contribution in [-0.2, 0) is 32.7 Å². The van der Waals surface area contributed by atoms with Crippen LogP contribution in [-0.4, -0.2) is 70.0 Å². The van der Waals surface area contributed by atoms with Gasteiger partial charge in [-0.05, 0) is 12.8 Å². The molecule has 2 unspecified atom stereocenters. The van der Waals surface area contributed by atoms with Crippen LogP contribution in [0.15, 0.2) is 0 Å². The summed E-state index contributed by atoms with van der Waals surface area (Å²) in [6.07, 6.45) is 51.5. The summed E-state index contributed by atoms with van der Waals surface area (Å²) < 4.78 is 34.1. The number of hydrogen-bond donors (Lipinski definition) is 0. The van der Waals surface area contributed by atoms with Crippen molar-refractivity contribution in [2.45, 2.75) is 290 Å². The number of hydrogen-bond acceptors (Lipinski definition) is 8. The summed E-state index contributed by atoms with van der Waals surface area (Å²) in [7, 11) is 1.19. The molecule has 0 aliphatic heterocycles. The zero-order valence-corrected chi connectivity index (χ0v) is 44.2. The minimum atomic E-state index is -4.62. The summed E-state index contributed by atoms with van der Waals surface area (Å²) in [6, 6.07) is 0. The first-order valence-corrected chi connectivity index (χ1v) is 29.2. The molecule has 0 aliphatic carbocycles. The van der Waals surface area contributed by atoms with Crippen molar-refractivity contribution in [3.63, 3.8) is 0 Å². The van der Waals surface area contributed by atoms with E-state index in [2.05, 4.69) is 13.8 Å². The number of phosphoric ester groups is 1. The number of likely N-dealkylation sites (N-methyl/N-ethyl adjacent to an activating group) is 1. The molecule has 0 rings (SSSR count). The summed E-state index contributed by atoms with van der Waals surface area (Å²) in [5.74, 6) is -0.813. The Morgan fingerprint density at radius 3 is 1.00 bits per heavy atom. The molecule has 0 aromatic heterocycles. The molecule has 0 bridgehead atoms. The third-order valence-corrected chi connectivity index (χ3v) is 13.6. The lowest BCUT2D eigenvalue weighted by molar-refractivity contribution is -0.870. The van der Waals surface area contributed by atoms with Crippen LogP contribution in [0, 0.1) is 0 Å². The SMILES string of the molecule is CCCCCCCCCCCCCCCCCCCCCCCCCCCCCC(=O)OC(COC(=O)CCCCCCCCCCCCCCC)COP(=O)([O-])OCC[N+](C)(C)C. The predicted octanol–water partition coefficient (Wildman–Crippen LogP) is 16.1. The van der Waals surface area contributed by atoms with E-state index in [1.54, 1.807) is 0 Å². The second-order valence-electron chi connectivity index (χ2n) is 20.3. The van der Waals surface area contributed by atoms with Crippen molar-refractivity contribution < 1.29 is 42.1 Å². The number of unbranched alkanes of at least 4 members (excludes halogenated alkanes) is 38. The van der Waals surface area contributed by atoms with Crippen molar-refractivity contribution in [3.05, 3.63) is 0 Å². The van der Waals surface area contributed by atoms with Gasteiger partial charge in [0.05, 0.1) is 27.7 Å². The lowest BCUT2D eigenvalue weighted by Crippen LogP contribution is -2.37. The Balaban J connectivity index is 4.05. The van der Waals surface area contributed by atoms with Crippen LogP contribution in [0.5, 0.6) is 0 Å². The maximum Gasteiger partial charge on any atom is 0.306 e. The van der Waals surface area contributed by atoms with Crippen LogP contribution < -0.4 is 4.89 Å². The Labute approximate surface area is 397 Å². The molecular weight excluding hydrogens is 822 g/mol. The van der Waals surface area contributed by atoms with E-state index >= 15 is 0 Å². The lowest BCUT2D eigenvalue weighted by Gasteiger charge is -2.28. The van der Waals surface area contributed by atoms with Crippen molar-refractivity contribution >= 4 is 19.8 Å². The van der Waals surface area contributed by atoms with E-state index in [9.17, 15) is 19.0 Å². The van der Waals surface area contributed by atoms with Crippen molar-refractivity contribution in [1.29, 1.82) is 0 Å². The van der Waals surface area contributed by atoms with Gasteiger partial charge in [0.15, 0.2) is 6.10 Å². The highest BCUT2D eigenvalue weighted by Crippen LogP contribution is 2.38. The van der Waals surface area contributed by atoms with Crippen LogP contribution in [0.1, 0.15) is 284 Å². The van der Waals surface area contributed by atoms with E-state index in [0.29, 0.717) is 17.4 Å². The van der Waals surface area contributed by atoms with Gasteiger partial charge in [-0.3, -0.25) is 14.2 Å². The predicted molar refractivity (Wildman–Crippen MR) is 269 cm³/mol. The third kappa shape index (κ3) is 50.4. The summed E-state index contributed by atoms with van der Waals surface area (Å²) in [5, 5.41) is 0. The smallest absolute Gasteiger partial charge is 0.306 e. The standard InChI is InChI=1S/C54H108NO8P/c1-6-8-10-12-14-16-18-20-21-22-23-24-25-26-27-28-29-30-31-32-33-35-37-39-41-43-45-47-54(57)63-52(51-62-64(58,59)61-49-48-55(3,4)5)50-60-53(56)46-44-42-40-38-36-34-19-17-15-13-11-9-7-2/h52H,6-51H2,1-5H3. The molecule has 0 fully saturated rings. The highest BCUT2D eigenvalue weighted by Gasteiger charge is 2.22. The number of ether oxygens (including phenoxy) is 2. The molecule has 10 heteroatoms. The molecule has 64 heavy (non-hydrogen) atoms. The lowest BCUT2D eigenvalue weighted by atomic mass is 10.0. The fourth-order valence-corrected chi connectivity index (χ4v) is 9.03. The van der Waals surface area contributed by atoms with E-state index in [-0.39, 0.29) is 32.0 Å². The number of quaternary nitrogens is 1. The summed E-state index contributed by atoms with van der Waals surface area (Å²) in [6.45, 7) is 4.29. The molecule has 0 heterocycles. The largest absolute Gasteiger partial charge is 0.756 e. The van der Waals surface area contributed by atoms with Crippen LogP contribution in [0.2, 0.25) is 0 Å². The zero-order valence-electron chi connectivity index (χ0n) is 43.3. The first-order chi connectivity index (χ1) is 31.0. The highest BCUT2D eigenvalue weighted by molar-refractivity contribution is 7.45. The Kier molecular flexibility index (Phi) is 46.4. The molecule has 0 aromatic carbocycles. The monoisotopic (exact) mass is 930 g/mol.